The first-order valence-electron chi connectivity index (χ1n) is 7.79. The molecule has 27 heavy (non-hydrogen) atoms. The highest BCUT2D eigenvalue weighted by Crippen LogP contribution is 2.40. The van der Waals surface area contributed by atoms with E-state index in [4.69, 9.17) is 34.8 Å². The zero-order valence-electron chi connectivity index (χ0n) is 13.4. The molecule has 3 amide bonds. The highest BCUT2D eigenvalue weighted by Gasteiger charge is 2.49. The van der Waals surface area contributed by atoms with Crippen LogP contribution in [-0.4, -0.2) is 27.3 Å². The molecule has 0 bridgehead atoms. The van der Waals surface area contributed by atoms with Crippen LogP contribution >= 0.6 is 46.1 Å². The minimum Gasteiger partial charge on any atom is -0.282 e. The molecule has 6 nitrogen and oxygen atoms in total. The minimum atomic E-state index is -0.796. The molecular weight excluding hydrogens is 431 g/mol. The molecule has 0 radical (unpaired) electrons. The minimum absolute atomic E-state index is 0.384. The van der Waals surface area contributed by atoms with E-state index in [1.807, 2.05) is 0 Å². The van der Waals surface area contributed by atoms with Crippen molar-refractivity contribution >= 4 is 73.4 Å². The number of hydrogen-bond acceptors (Lipinski definition) is 4. The Labute approximate surface area is 173 Å². The lowest BCUT2D eigenvalue weighted by Crippen LogP contribution is -2.63. The number of thiazole rings is 1. The Morgan fingerprint density at radius 2 is 1.96 bits per heavy atom. The van der Waals surface area contributed by atoms with Gasteiger partial charge in [0.05, 0.1) is 10.2 Å². The van der Waals surface area contributed by atoms with Gasteiger partial charge in [0.15, 0.2) is 5.13 Å². The Balaban J connectivity index is 1.49. The number of carbonyl (C=O) groups excluding carboxylic acids is 2. The molecule has 0 aliphatic carbocycles. The average molecular weight is 442 g/mol. The molecule has 1 aromatic heterocycles. The van der Waals surface area contributed by atoms with E-state index < -0.39 is 23.4 Å². The van der Waals surface area contributed by atoms with E-state index in [1.54, 1.807) is 42.5 Å². The topological polar surface area (TPSA) is 74.3 Å². The maximum Gasteiger partial charge on any atom is 0.339 e. The van der Waals surface area contributed by atoms with Gasteiger partial charge in [-0.2, -0.15) is 0 Å². The third-order valence-electron chi connectivity index (χ3n) is 4.05. The Morgan fingerprint density at radius 1 is 1.19 bits per heavy atom. The van der Waals surface area contributed by atoms with Crippen LogP contribution in [0.25, 0.3) is 10.2 Å². The maximum absolute atomic E-state index is 12.3. The summed E-state index contributed by atoms with van der Waals surface area (Å²) in [5, 5.41) is 4.42. The van der Waals surface area contributed by atoms with Crippen molar-refractivity contribution in [2.45, 2.75) is 11.4 Å². The van der Waals surface area contributed by atoms with Crippen LogP contribution in [-0.2, 0) is 4.79 Å². The van der Waals surface area contributed by atoms with Gasteiger partial charge in [-0.25, -0.2) is 20.2 Å². The number of hydrogen-bond donors (Lipinski definition) is 2. The first-order valence-corrected chi connectivity index (χ1v) is 9.80. The number of halogens is 3. The monoisotopic (exact) mass is 440 g/mol. The smallest absolute Gasteiger partial charge is 0.282 e. The molecule has 1 aliphatic rings. The fraction of sp³-hybridized carbons (Fsp3) is 0.118. The molecule has 0 spiro atoms. The molecule has 4 rings (SSSR count). The summed E-state index contributed by atoms with van der Waals surface area (Å²) in [5.74, 6) is -0.409. The van der Waals surface area contributed by atoms with Gasteiger partial charge in [-0.15, -0.1) is 11.6 Å². The molecule has 1 aliphatic heterocycles. The Hall–Kier alpha value is -2.06. The number of benzene rings is 2. The predicted octanol–water partition coefficient (Wildman–Crippen LogP) is 4.83. The fourth-order valence-electron chi connectivity index (χ4n) is 2.78. The van der Waals surface area contributed by atoms with Gasteiger partial charge in [0.25, 0.3) is 5.91 Å². The van der Waals surface area contributed by atoms with E-state index in [9.17, 15) is 9.59 Å². The fourth-order valence-corrected chi connectivity index (χ4v) is 4.51. The van der Waals surface area contributed by atoms with Gasteiger partial charge in [-0.1, -0.05) is 52.7 Å². The summed E-state index contributed by atoms with van der Waals surface area (Å²) < 4.78 is 0.840. The number of aromatic nitrogens is 1. The van der Waals surface area contributed by atoms with Gasteiger partial charge >= 0.3 is 6.03 Å². The molecule has 1 saturated heterocycles. The summed E-state index contributed by atoms with van der Waals surface area (Å²) in [7, 11) is 0. The molecule has 138 valence electrons. The van der Waals surface area contributed by atoms with E-state index in [2.05, 4.69) is 15.7 Å². The van der Waals surface area contributed by atoms with Crippen LogP contribution in [0.4, 0.5) is 9.93 Å². The second kappa shape index (κ2) is 7.16. The number of hydrazine groups is 1. The van der Waals surface area contributed by atoms with Gasteiger partial charge in [-0.05, 0) is 29.8 Å². The molecule has 3 aromatic rings. The Morgan fingerprint density at radius 3 is 2.74 bits per heavy atom. The summed E-state index contributed by atoms with van der Waals surface area (Å²) >= 11 is 19.6. The van der Waals surface area contributed by atoms with Crippen LogP contribution in [0.2, 0.25) is 10.0 Å². The first kappa shape index (κ1) is 18.3. The number of rotatable bonds is 3. The lowest BCUT2D eigenvalue weighted by atomic mass is 9.95. The van der Waals surface area contributed by atoms with E-state index in [0.29, 0.717) is 20.7 Å². The van der Waals surface area contributed by atoms with Gasteiger partial charge in [-0.3, -0.25) is 10.1 Å². The third-order valence-corrected chi connectivity index (χ3v) is 5.98. The molecule has 2 unspecified atom stereocenters. The summed E-state index contributed by atoms with van der Waals surface area (Å²) in [6, 6.07) is 11.1. The van der Waals surface area contributed by atoms with Crippen LogP contribution in [0.3, 0.4) is 0 Å². The SMILES string of the molecule is O=C(Nc1nc2ccc(Cl)cc2s1)NN1C(=O)C(Cl)C1c1ccccc1Cl. The number of anilines is 1. The van der Waals surface area contributed by atoms with Crippen molar-refractivity contribution in [3.05, 3.63) is 58.1 Å². The largest absolute Gasteiger partial charge is 0.339 e. The molecule has 2 heterocycles. The second-order valence-corrected chi connectivity index (χ2v) is 8.12. The summed E-state index contributed by atoms with van der Waals surface area (Å²) in [6.07, 6.45) is 0. The van der Waals surface area contributed by atoms with Crippen molar-refractivity contribution in [2.75, 3.05) is 5.32 Å². The van der Waals surface area contributed by atoms with E-state index in [-0.39, 0.29) is 0 Å². The standard InChI is InChI=1S/C17H11Cl3N4O2S/c18-8-5-6-11-12(7-8)27-17(21-11)22-16(26)23-24-14(13(20)15(24)25)9-3-1-2-4-10(9)19/h1-7,13-14H,(H2,21,22,23,26). The second-order valence-electron chi connectivity index (χ2n) is 5.77. The van der Waals surface area contributed by atoms with Gasteiger partial charge < -0.3 is 0 Å². The lowest BCUT2D eigenvalue weighted by Gasteiger charge is -2.44. The third kappa shape index (κ3) is 3.43. The van der Waals surface area contributed by atoms with Crippen molar-refractivity contribution in [1.82, 2.24) is 15.4 Å². The van der Waals surface area contributed by atoms with Gasteiger partial charge in [0.2, 0.25) is 0 Å². The van der Waals surface area contributed by atoms with Crippen molar-refractivity contribution in [1.29, 1.82) is 0 Å². The first-order chi connectivity index (χ1) is 12.9. The number of nitrogens with one attached hydrogen (secondary N) is 2. The zero-order chi connectivity index (χ0) is 19.1. The Kier molecular flexibility index (Phi) is 4.86. The van der Waals surface area contributed by atoms with Gasteiger partial charge in [0.1, 0.15) is 11.4 Å². The van der Waals surface area contributed by atoms with Crippen molar-refractivity contribution in [3.8, 4) is 0 Å². The molecule has 2 aromatic carbocycles. The Bertz CT molecular complexity index is 1060. The van der Waals surface area contributed by atoms with Crippen molar-refractivity contribution in [3.63, 3.8) is 0 Å². The van der Waals surface area contributed by atoms with Crippen LogP contribution in [0.5, 0.6) is 0 Å². The number of alkyl halides is 1. The number of nitrogens with zero attached hydrogens (tertiary/aromatic N) is 2. The quantitative estimate of drug-likeness (QED) is 0.451. The summed E-state index contributed by atoms with van der Waals surface area (Å²) in [5.41, 5.74) is 3.89. The molecule has 0 saturated carbocycles. The average Bonchev–Trinajstić information content (AvgIpc) is 3.03. The number of β-lactam (4-membered cyclic amide) rings is 1. The predicted molar refractivity (Wildman–Crippen MR) is 107 cm³/mol. The van der Waals surface area contributed by atoms with Crippen LogP contribution in [0, 0.1) is 0 Å². The van der Waals surface area contributed by atoms with E-state index in [1.165, 1.54) is 16.3 Å². The molecule has 2 N–H and O–H groups in total. The van der Waals surface area contributed by atoms with E-state index in [0.717, 1.165) is 10.2 Å². The normalized spacial score (nSPS) is 19.1. The highest BCUT2D eigenvalue weighted by molar-refractivity contribution is 7.22. The van der Waals surface area contributed by atoms with Crippen LogP contribution in [0.1, 0.15) is 11.6 Å². The van der Waals surface area contributed by atoms with Crippen molar-refractivity contribution in [2.24, 2.45) is 0 Å². The number of urea groups is 1. The highest BCUT2D eigenvalue weighted by atomic mass is 35.5. The maximum atomic E-state index is 12.3. The zero-order valence-corrected chi connectivity index (χ0v) is 16.5. The van der Waals surface area contributed by atoms with E-state index >= 15 is 0 Å². The molecule has 2 atom stereocenters. The summed E-state index contributed by atoms with van der Waals surface area (Å²) in [4.78, 5) is 28.7. The van der Waals surface area contributed by atoms with Crippen LogP contribution in [0.15, 0.2) is 42.5 Å². The molecule has 1 fully saturated rings. The number of amides is 3. The van der Waals surface area contributed by atoms with Crippen LogP contribution < -0.4 is 10.7 Å². The van der Waals surface area contributed by atoms with Gasteiger partial charge in [0, 0.05) is 10.0 Å². The number of fused-ring (bicyclic) bond motifs is 1. The van der Waals surface area contributed by atoms with Crippen molar-refractivity contribution < 1.29 is 9.59 Å². The summed E-state index contributed by atoms with van der Waals surface area (Å²) in [6.45, 7) is 0. The number of carbonyl (C=O) groups is 2. The molecule has 10 heteroatoms. The lowest BCUT2D eigenvalue weighted by molar-refractivity contribution is -0.149. The molecular formula is C17H11Cl3N4O2S.